The van der Waals surface area contributed by atoms with Gasteiger partial charge in [-0.15, -0.1) is 5.10 Å². The smallest absolute Gasteiger partial charge is 0.244 e. The molecule has 118 valence electrons. The van der Waals surface area contributed by atoms with Crippen molar-refractivity contribution in [2.24, 2.45) is 5.73 Å². The number of aromatic nitrogens is 2. The third kappa shape index (κ3) is 2.54. The molecule has 2 heterocycles. The summed E-state index contributed by atoms with van der Waals surface area (Å²) in [4.78, 5) is 0. The molecule has 0 aliphatic carbocycles. The first-order valence-electron chi connectivity index (χ1n) is 7.17. The maximum Gasteiger partial charge on any atom is 0.244 e. The monoisotopic (exact) mass is 348 g/mol. The minimum atomic E-state index is -0.449. The summed E-state index contributed by atoms with van der Waals surface area (Å²) in [7, 11) is 0. The Labute approximate surface area is 143 Å². The topological polar surface area (TPSA) is 87.7 Å². The summed E-state index contributed by atoms with van der Waals surface area (Å²) in [6, 6.07) is 7.47. The number of fused-ring (bicyclic) bond motifs is 1. The van der Waals surface area contributed by atoms with E-state index in [0.29, 0.717) is 27.1 Å². The van der Waals surface area contributed by atoms with E-state index in [0.717, 1.165) is 24.1 Å². The molecule has 23 heavy (non-hydrogen) atoms. The van der Waals surface area contributed by atoms with E-state index in [1.807, 2.05) is 6.07 Å². The molecule has 1 atom stereocenters. The second-order valence-corrected chi connectivity index (χ2v) is 6.02. The number of aryl methyl sites for hydroxylation is 1. The van der Waals surface area contributed by atoms with Crippen LogP contribution in [0.25, 0.3) is 0 Å². The number of ether oxygens (including phenoxy) is 1. The van der Waals surface area contributed by atoms with Gasteiger partial charge in [-0.2, -0.15) is 5.26 Å². The van der Waals surface area contributed by atoms with E-state index in [9.17, 15) is 5.26 Å². The molecule has 0 radical (unpaired) electrons. The molecule has 0 amide bonds. The molecule has 3 N–H and O–H groups in total. The fraction of sp³-hybridized carbons (Fsp3) is 0.250. The molecular weight excluding hydrogens is 335 g/mol. The number of nitrogens with one attached hydrogen (secondary N) is 1. The Kier molecular flexibility index (Phi) is 4.20. The van der Waals surface area contributed by atoms with E-state index < -0.39 is 5.92 Å². The number of rotatable bonds is 3. The van der Waals surface area contributed by atoms with Crippen molar-refractivity contribution in [3.05, 3.63) is 56.5 Å². The number of nitrogens with two attached hydrogens (primary N) is 1. The van der Waals surface area contributed by atoms with Gasteiger partial charge in [-0.1, -0.05) is 48.7 Å². The number of aromatic amines is 1. The third-order valence-electron chi connectivity index (χ3n) is 3.81. The zero-order chi connectivity index (χ0) is 16.6. The second-order valence-electron chi connectivity index (χ2n) is 5.24. The van der Waals surface area contributed by atoms with Gasteiger partial charge in [-0.05, 0) is 18.1 Å². The van der Waals surface area contributed by atoms with Crippen molar-refractivity contribution < 1.29 is 4.74 Å². The molecule has 1 aromatic carbocycles. The molecule has 0 bridgehead atoms. The van der Waals surface area contributed by atoms with Gasteiger partial charge in [0.2, 0.25) is 11.8 Å². The quantitative estimate of drug-likeness (QED) is 0.880. The Balaban J connectivity index is 2.26. The van der Waals surface area contributed by atoms with E-state index in [-0.39, 0.29) is 5.88 Å². The van der Waals surface area contributed by atoms with Gasteiger partial charge in [-0.3, -0.25) is 5.10 Å². The largest absolute Gasteiger partial charge is 0.420 e. The van der Waals surface area contributed by atoms with Gasteiger partial charge < -0.3 is 10.5 Å². The van der Waals surface area contributed by atoms with E-state index >= 15 is 0 Å². The zero-order valence-electron chi connectivity index (χ0n) is 12.4. The van der Waals surface area contributed by atoms with Gasteiger partial charge in [0.05, 0.1) is 21.5 Å². The fourth-order valence-corrected chi connectivity index (χ4v) is 3.22. The standard InChI is InChI=1S/C16H14Cl2N4O/c1-2-4-11-13-12(8-5-3-6-10(17)14(8)18)9(7-19)15(20)23-16(13)22-21-11/h3,5-6,12H,2,4,20H2,1H3,(H,21,22). The maximum absolute atomic E-state index is 9.56. The lowest BCUT2D eigenvalue weighted by molar-refractivity contribution is 0.378. The van der Waals surface area contributed by atoms with Crippen molar-refractivity contribution in [2.75, 3.05) is 0 Å². The Hall–Kier alpha value is -2.16. The molecule has 7 heteroatoms. The molecular formula is C16H14Cl2N4O. The molecule has 1 aliphatic heterocycles. The summed E-state index contributed by atoms with van der Waals surface area (Å²) in [5.74, 6) is -0.0307. The number of benzene rings is 1. The molecule has 0 spiro atoms. The number of hydrogen-bond donors (Lipinski definition) is 2. The summed E-state index contributed by atoms with van der Waals surface area (Å²) in [6.45, 7) is 2.06. The highest BCUT2D eigenvalue weighted by Crippen LogP contribution is 2.46. The van der Waals surface area contributed by atoms with Crippen molar-refractivity contribution in [2.45, 2.75) is 25.7 Å². The van der Waals surface area contributed by atoms with E-state index in [1.54, 1.807) is 12.1 Å². The predicted octanol–water partition coefficient (Wildman–Crippen LogP) is 3.89. The Morgan fingerprint density at radius 1 is 1.43 bits per heavy atom. The summed E-state index contributed by atoms with van der Waals surface area (Å²) in [6.07, 6.45) is 1.70. The molecule has 1 unspecified atom stereocenters. The van der Waals surface area contributed by atoms with Crippen LogP contribution in [0.5, 0.6) is 5.88 Å². The minimum Gasteiger partial charge on any atom is -0.420 e. The number of halogens is 2. The highest BCUT2D eigenvalue weighted by atomic mass is 35.5. The first-order chi connectivity index (χ1) is 11.1. The van der Waals surface area contributed by atoms with Crippen LogP contribution < -0.4 is 10.5 Å². The number of hydrogen-bond acceptors (Lipinski definition) is 4. The van der Waals surface area contributed by atoms with Gasteiger partial charge >= 0.3 is 0 Å². The first-order valence-corrected chi connectivity index (χ1v) is 7.92. The van der Waals surface area contributed by atoms with Gasteiger partial charge in [0.1, 0.15) is 11.6 Å². The molecule has 3 rings (SSSR count). The maximum atomic E-state index is 9.56. The van der Waals surface area contributed by atoms with Gasteiger partial charge in [0.15, 0.2) is 0 Å². The minimum absolute atomic E-state index is 0.0376. The first kappa shape index (κ1) is 15.7. The van der Waals surface area contributed by atoms with E-state index in [2.05, 4.69) is 23.2 Å². The molecule has 5 nitrogen and oxygen atoms in total. The fourth-order valence-electron chi connectivity index (χ4n) is 2.80. The molecule has 0 saturated heterocycles. The van der Waals surface area contributed by atoms with Crippen molar-refractivity contribution in [3.8, 4) is 11.9 Å². The van der Waals surface area contributed by atoms with Gasteiger partial charge in [-0.25, -0.2) is 0 Å². The molecule has 0 fully saturated rings. The van der Waals surface area contributed by atoms with Crippen LogP contribution in [0.3, 0.4) is 0 Å². The zero-order valence-corrected chi connectivity index (χ0v) is 13.9. The average Bonchev–Trinajstić information content (AvgIpc) is 2.92. The van der Waals surface area contributed by atoms with Crippen molar-refractivity contribution in [1.82, 2.24) is 10.2 Å². The van der Waals surface area contributed by atoms with Crippen LogP contribution in [-0.2, 0) is 6.42 Å². The SMILES string of the molecule is CCCc1[nH]nc2c1C(c1cccc(Cl)c1Cl)C(C#N)=C(N)O2. The Morgan fingerprint density at radius 3 is 2.91 bits per heavy atom. The summed E-state index contributed by atoms with van der Waals surface area (Å²) in [5, 5.41) is 17.5. The van der Waals surface area contributed by atoms with Gasteiger partial charge in [0, 0.05) is 5.69 Å². The lowest BCUT2D eigenvalue weighted by Gasteiger charge is -2.25. The Morgan fingerprint density at radius 2 is 2.22 bits per heavy atom. The number of H-pyrrole nitrogens is 1. The van der Waals surface area contributed by atoms with Crippen LogP contribution in [0, 0.1) is 11.3 Å². The Bertz CT molecular complexity index is 835. The van der Waals surface area contributed by atoms with E-state index in [1.165, 1.54) is 0 Å². The van der Waals surface area contributed by atoms with E-state index in [4.69, 9.17) is 33.7 Å². The number of nitriles is 1. The van der Waals surface area contributed by atoms with Crippen LogP contribution in [0.1, 0.15) is 36.1 Å². The number of nitrogens with zero attached hydrogens (tertiary/aromatic N) is 2. The van der Waals surface area contributed by atoms with Gasteiger partial charge in [0.25, 0.3) is 0 Å². The van der Waals surface area contributed by atoms with Crippen LogP contribution in [0.15, 0.2) is 29.7 Å². The second kappa shape index (κ2) is 6.15. The van der Waals surface area contributed by atoms with Crippen LogP contribution in [-0.4, -0.2) is 10.2 Å². The molecule has 1 aliphatic rings. The molecule has 0 saturated carbocycles. The van der Waals surface area contributed by atoms with Crippen molar-refractivity contribution >= 4 is 23.2 Å². The molecule has 2 aromatic rings. The van der Waals surface area contributed by atoms with Crippen molar-refractivity contribution in [1.29, 1.82) is 5.26 Å². The van der Waals surface area contributed by atoms with Crippen LogP contribution in [0.4, 0.5) is 0 Å². The summed E-state index contributed by atoms with van der Waals surface area (Å²) < 4.78 is 5.50. The highest BCUT2D eigenvalue weighted by molar-refractivity contribution is 6.42. The van der Waals surface area contributed by atoms with Crippen LogP contribution in [0.2, 0.25) is 10.0 Å². The lowest BCUT2D eigenvalue weighted by atomic mass is 9.83. The lowest BCUT2D eigenvalue weighted by Crippen LogP contribution is -2.21. The normalized spacial score (nSPS) is 16.7. The summed E-state index contributed by atoms with van der Waals surface area (Å²) >= 11 is 12.5. The number of allylic oxidation sites excluding steroid dienone is 1. The average molecular weight is 349 g/mol. The third-order valence-corrected chi connectivity index (χ3v) is 4.64. The summed E-state index contributed by atoms with van der Waals surface area (Å²) in [5.41, 5.74) is 8.62. The predicted molar refractivity (Wildman–Crippen MR) is 88.3 cm³/mol. The molecule has 1 aromatic heterocycles. The highest BCUT2D eigenvalue weighted by Gasteiger charge is 2.36. The van der Waals surface area contributed by atoms with Crippen molar-refractivity contribution in [3.63, 3.8) is 0 Å². The van der Waals surface area contributed by atoms with Crippen LogP contribution >= 0.6 is 23.2 Å².